The molecule has 0 amide bonds. The van der Waals surface area contributed by atoms with Gasteiger partial charge in [0.15, 0.2) is 5.13 Å². The van der Waals surface area contributed by atoms with Crippen LogP contribution in [0.5, 0.6) is 0 Å². The lowest BCUT2D eigenvalue weighted by Crippen LogP contribution is -2.49. The van der Waals surface area contributed by atoms with Crippen molar-refractivity contribution in [3.63, 3.8) is 0 Å². The number of aromatic nitrogens is 1. The molecule has 1 saturated heterocycles. The molecule has 0 radical (unpaired) electrons. The first-order valence-electron chi connectivity index (χ1n) is 7.78. The normalized spacial score (nSPS) is 18.5. The maximum Gasteiger partial charge on any atom is 0.185 e. The second kappa shape index (κ2) is 7.38. The first-order chi connectivity index (χ1) is 9.69. The van der Waals surface area contributed by atoms with Crippen LogP contribution in [-0.4, -0.2) is 47.2 Å². The van der Waals surface area contributed by atoms with Crippen molar-refractivity contribution in [2.24, 2.45) is 0 Å². The van der Waals surface area contributed by atoms with E-state index in [2.05, 4.69) is 30.6 Å². The van der Waals surface area contributed by atoms with E-state index in [1.54, 1.807) is 11.3 Å². The Labute approximate surface area is 126 Å². The molecule has 114 valence electrons. The topological polar surface area (TPSA) is 39.6 Å². The SMILES string of the molecule is CCCc1nc(N2CCN(C(C)CC)CC2)sc1CO. The second-order valence-electron chi connectivity index (χ2n) is 5.55. The summed E-state index contributed by atoms with van der Waals surface area (Å²) in [7, 11) is 0. The number of piperazine rings is 1. The molecule has 2 rings (SSSR count). The molecule has 1 aromatic rings. The van der Waals surface area contributed by atoms with E-state index < -0.39 is 0 Å². The Morgan fingerprint density at radius 1 is 1.25 bits per heavy atom. The number of thiazole rings is 1. The summed E-state index contributed by atoms with van der Waals surface area (Å²) in [5, 5.41) is 10.5. The standard InChI is InChI=1S/C15H27N3OS/c1-4-6-13-14(11-19)20-15(16-13)18-9-7-17(8-10-18)12(3)5-2/h12,19H,4-11H2,1-3H3. The molecule has 0 spiro atoms. The predicted octanol–water partition coefficient (Wildman–Crippen LogP) is 2.51. The number of aliphatic hydroxyl groups is 1. The molecular weight excluding hydrogens is 270 g/mol. The van der Waals surface area contributed by atoms with Gasteiger partial charge in [-0.15, -0.1) is 0 Å². The lowest BCUT2D eigenvalue weighted by molar-refractivity contribution is 0.193. The zero-order valence-electron chi connectivity index (χ0n) is 12.9. The Balaban J connectivity index is 1.99. The second-order valence-corrected chi connectivity index (χ2v) is 6.62. The van der Waals surface area contributed by atoms with Crippen molar-refractivity contribution >= 4 is 16.5 Å². The highest BCUT2D eigenvalue weighted by molar-refractivity contribution is 7.15. The Bertz CT molecular complexity index is 413. The third-order valence-corrected chi connectivity index (χ3v) is 5.34. The van der Waals surface area contributed by atoms with Crippen LogP contribution in [0.2, 0.25) is 0 Å². The fourth-order valence-electron chi connectivity index (χ4n) is 2.67. The molecule has 1 atom stereocenters. The van der Waals surface area contributed by atoms with E-state index in [0.717, 1.165) is 54.7 Å². The molecule has 1 N–H and O–H groups in total. The van der Waals surface area contributed by atoms with Crippen LogP contribution in [0, 0.1) is 0 Å². The number of rotatable bonds is 6. The zero-order valence-corrected chi connectivity index (χ0v) is 13.7. The van der Waals surface area contributed by atoms with Crippen molar-refractivity contribution in [1.29, 1.82) is 0 Å². The fraction of sp³-hybridized carbons (Fsp3) is 0.800. The van der Waals surface area contributed by atoms with E-state index in [0.29, 0.717) is 6.04 Å². The Kier molecular flexibility index (Phi) is 5.81. The molecule has 0 aromatic carbocycles. The predicted molar refractivity (Wildman–Crippen MR) is 85.6 cm³/mol. The minimum Gasteiger partial charge on any atom is -0.391 e. The minimum atomic E-state index is 0.125. The van der Waals surface area contributed by atoms with Gasteiger partial charge in [0.25, 0.3) is 0 Å². The largest absolute Gasteiger partial charge is 0.391 e. The van der Waals surface area contributed by atoms with Crippen LogP contribution in [0.25, 0.3) is 0 Å². The van der Waals surface area contributed by atoms with Crippen molar-refractivity contribution in [2.45, 2.75) is 52.7 Å². The molecule has 5 heteroatoms. The molecule has 1 aliphatic rings. The van der Waals surface area contributed by atoms with Crippen molar-refractivity contribution in [3.05, 3.63) is 10.6 Å². The van der Waals surface area contributed by atoms with Gasteiger partial charge >= 0.3 is 0 Å². The van der Waals surface area contributed by atoms with Crippen LogP contribution in [0.4, 0.5) is 5.13 Å². The van der Waals surface area contributed by atoms with Gasteiger partial charge in [0.2, 0.25) is 0 Å². The first kappa shape index (κ1) is 15.7. The Hall–Kier alpha value is -0.650. The van der Waals surface area contributed by atoms with Gasteiger partial charge in [-0.3, -0.25) is 4.90 Å². The lowest BCUT2D eigenvalue weighted by atomic mass is 10.2. The zero-order chi connectivity index (χ0) is 14.5. The van der Waals surface area contributed by atoms with Gasteiger partial charge in [0, 0.05) is 32.2 Å². The highest BCUT2D eigenvalue weighted by Crippen LogP contribution is 2.28. The van der Waals surface area contributed by atoms with E-state index in [1.807, 2.05) is 0 Å². The molecule has 1 unspecified atom stereocenters. The molecular formula is C15H27N3OS. The van der Waals surface area contributed by atoms with Gasteiger partial charge in [-0.25, -0.2) is 4.98 Å². The van der Waals surface area contributed by atoms with E-state index in [9.17, 15) is 5.11 Å². The maximum absolute atomic E-state index is 9.45. The number of aryl methyl sites for hydroxylation is 1. The Morgan fingerprint density at radius 3 is 2.50 bits per heavy atom. The summed E-state index contributed by atoms with van der Waals surface area (Å²) in [6.07, 6.45) is 3.27. The third-order valence-electron chi connectivity index (χ3n) is 4.20. The van der Waals surface area contributed by atoms with E-state index in [1.165, 1.54) is 6.42 Å². The molecule has 20 heavy (non-hydrogen) atoms. The van der Waals surface area contributed by atoms with Gasteiger partial charge in [-0.1, -0.05) is 31.6 Å². The summed E-state index contributed by atoms with van der Waals surface area (Å²) >= 11 is 1.67. The molecule has 2 heterocycles. The number of nitrogens with zero attached hydrogens (tertiary/aromatic N) is 3. The number of hydrogen-bond acceptors (Lipinski definition) is 5. The van der Waals surface area contributed by atoms with Crippen LogP contribution in [-0.2, 0) is 13.0 Å². The summed E-state index contributed by atoms with van der Waals surface area (Å²) in [6.45, 7) is 11.2. The lowest BCUT2D eigenvalue weighted by Gasteiger charge is -2.37. The average Bonchev–Trinajstić information content (AvgIpc) is 2.90. The fourth-order valence-corrected chi connectivity index (χ4v) is 3.69. The molecule has 0 aliphatic carbocycles. The monoisotopic (exact) mass is 297 g/mol. The van der Waals surface area contributed by atoms with Gasteiger partial charge < -0.3 is 10.0 Å². The van der Waals surface area contributed by atoms with Crippen LogP contribution < -0.4 is 4.90 Å². The third kappa shape index (κ3) is 3.51. The highest BCUT2D eigenvalue weighted by atomic mass is 32.1. The van der Waals surface area contributed by atoms with Gasteiger partial charge in [0.05, 0.1) is 17.2 Å². The van der Waals surface area contributed by atoms with Gasteiger partial charge in [-0.2, -0.15) is 0 Å². The van der Waals surface area contributed by atoms with E-state index in [4.69, 9.17) is 4.98 Å². The smallest absolute Gasteiger partial charge is 0.185 e. The summed E-state index contributed by atoms with van der Waals surface area (Å²) in [6, 6.07) is 0.678. The summed E-state index contributed by atoms with van der Waals surface area (Å²) in [5.41, 5.74) is 1.10. The number of hydrogen-bond donors (Lipinski definition) is 1. The average molecular weight is 297 g/mol. The van der Waals surface area contributed by atoms with Crippen LogP contribution in [0.3, 0.4) is 0 Å². The van der Waals surface area contributed by atoms with Crippen molar-refractivity contribution in [1.82, 2.24) is 9.88 Å². The van der Waals surface area contributed by atoms with E-state index >= 15 is 0 Å². The maximum atomic E-state index is 9.45. The van der Waals surface area contributed by atoms with Gasteiger partial charge in [-0.05, 0) is 19.8 Å². The van der Waals surface area contributed by atoms with Crippen molar-refractivity contribution in [2.75, 3.05) is 31.1 Å². The number of anilines is 1. The van der Waals surface area contributed by atoms with Crippen molar-refractivity contribution in [3.8, 4) is 0 Å². The van der Waals surface area contributed by atoms with E-state index in [-0.39, 0.29) is 6.61 Å². The molecule has 4 nitrogen and oxygen atoms in total. The molecule has 1 fully saturated rings. The summed E-state index contributed by atoms with van der Waals surface area (Å²) in [5.74, 6) is 0. The molecule has 0 bridgehead atoms. The number of aliphatic hydroxyl groups excluding tert-OH is 1. The summed E-state index contributed by atoms with van der Waals surface area (Å²) in [4.78, 5) is 10.7. The molecule has 1 aromatic heterocycles. The first-order valence-corrected chi connectivity index (χ1v) is 8.59. The van der Waals surface area contributed by atoms with Gasteiger partial charge in [0.1, 0.15) is 0 Å². The summed E-state index contributed by atoms with van der Waals surface area (Å²) < 4.78 is 0. The molecule has 1 aliphatic heterocycles. The van der Waals surface area contributed by atoms with Crippen LogP contribution in [0.15, 0.2) is 0 Å². The van der Waals surface area contributed by atoms with Crippen LogP contribution in [0.1, 0.15) is 44.2 Å². The Morgan fingerprint density at radius 2 is 1.95 bits per heavy atom. The van der Waals surface area contributed by atoms with Crippen LogP contribution >= 0.6 is 11.3 Å². The minimum absolute atomic E-state index is 0.125. The highest BCUT2D eigenvalue weighted by Gasteiger charge is 2.23. The quantitative estimate of drug-likeness (QED) is 0.876. The van der Waals surface area contributed by atoms with Crippen molar-refractivity contribution < 1.29 is 5.11 Å². The molecule has 0 saturated carbocycles.